The van der Waals surface area contributed by atoms with E-state index in [1.54, 1.807) is 7.11 Å². The number of anilines is 2. The normalized spacial score (nSPS) is 17.7. The highest BCUT2D eigenvalue weighted by Gasteiger charge is 2.26. The number of aromatic nitrogens is 2. The Bertz CT molecular complexity index is 739. The van der Waals surface area contributed by atoms with Crippen molar-refractivity contribution in [3.8, 4) is 5.75 Å². The van der Waals surface area contributed by atoms with E-state index in [-0.39, 0.29) is 0 Å². The smallest absolute Gasteiger partial charge is 0.225 e. The Morgan fingerprint density at radius 2 is 1.88 bits per heavy atom. The molecule has 0 atom stereocenters. The van der Waals surface area contributed by atoms with E-state index in [4.69, 9.17) is 14.7 Å². The Morgan fingerprint density at radius 3 is 2.65 bits per heavy atom. The van der Waals surface area contributed by atoms with Crippen LogP contribution in [0.3, 0.4) is 0 Å². The van der Waals surface area contributed by atoms with Crippen LogP contribution in [0.5, 0.6) is 5.75 Å². The molecule has 0 aliphatic heterocycles. The summed E-state index contributed by atoms with van der Waals surface area (Å²) in [7, 11) is 1.70. The first-order valence-electron chi connectivity index (χ1n) is 9.82. The lowest BCUT2D eigenvalue weighted by atomic mass is 9.96. The van der Waals surface area contributed by atoms with Gasteiger partial charge in [0, 0.05) is 24.6 Å². The molecule has 0 amide bonds. The highest BCUT2D eigenvalue weighted by atomic mass is 16.5. The molecule has 2 aromatic rings. The number of nitrogens with one attached hydrogen (secondary N) is 2. The number of hydrogen-bond acceptors (Lipinski definition) is 5. The lowest BCUT2D eigenvalue weighted by Gasteiger charge is -2.23. The van der Waals surface area contributed by atoms with Gasteiger partial charge in [-0.15, -0.1) is 0 Å². The van der Waals surface area contributed by atoms with Gasteiger partial charge in [0.25, 0.3) is 0 Å². The highest BCUT2D eigenvalue weighted by Crippen LogP contribution is 2.40. The molecular formula is C21H28N4O. The van der Waals surface area contributed by atoms with Gasteiger partial charge in [0.05, 0.1) is 12.8 Å². The molecule has 1 aromatic heterocycles. The minimum atomic E-state index is 0.518. The van der Waals surface area contributed by atoms with Crippen LogP contribution in [0.25, 0.3) is 0 Å². The van der Waals surface area contributed by atoms with E-state index in [0.29, 0.717) is 12.0 Å². The molecule has 2 N–H and O–H groups in total. The van der Waals surface area contributed by atoms with Crippen LogP contribution in [-0.2, 0) is 6.54 Å². The third-order valence-corrected chi connectivity index (χ3v) is 5.29. The standard InChI is InChI=1S/C21H28N4O/c1-26-18-9-5-6-15(12-18)14-22-20-13-19(16-10-11-16)24-21(25-20)23-17-7-3-2-4-8-17/h5-6,9,12-13,16-17H,2-4,7-8,10-11,14H2,1H3,(H2,22,23,24,25). The summed E-state index contributed by atoms with van der Waals surface area (Å²) in [4.78, 5) is 9.52. The number of nitrogens with zero attached hydrogens (tertiary/aromatic N) is 2. The quantitative estimate of drug-likeness (QED) is 0.755. The second kappa shape index (κ2) is 7.94. The molecule has 1 heterocycles. The fraction of sp³-hybridized carbons (Fsp3) is 0.524. The van der Waals surface area contributed by atoms with E-state index in [0.717, 1.165) is 24.1 Å². The zero-order valence-corrected chi connectivity index (χ0v) is 15.5. The third-order valence-electron chi connectivity index (χ3n) is 5.29. The molecule has 2 aliphatic rings. The number of methoxy groups -OCH3 is 1. The van der Waals surface area contributed by atoms with Gasteiger partial charge in [-0.3, -0.25) is 0 Å². The Hall–Kier alpha value is -2.30. The Balaban J connectivity index is 1.47. The van der Waals surface area contributed by atoms with Crippen LogP contribution in [0.4, 0.5) is 11.8 Å². The van der Waals surface area contributed by atoms with Gasteiger partial charge in [-0.05, 0) is 43.4 Å². The molecule has 2 fully saturated rings. The van der Waals surface area contributed by atoms with Crippen molar-refractivity contribution in [2.75, 3.05) is 17.7 Å². The lowest BCUT2D eigenvalue weighted by molar-refractivity contribution is 0.414. The molecule has 0 spiro atoms. The van der Waals surface area contributed by atoms with Crippen LogP contribution in [0.1, 0.15) is 62.1 Å². The summed E-state index contributed by atoms with van der Waals surface area (Å²) in [6.07, 6.45) is 8.91. The van der Waals surface area contributed by atoms with Crippen molar-refractivity contribution in [1.82, 2.24) is 9.97 Å². The summed E-state index contributed by atoms with van der Waals surface area (Å²) in [6, 6.07) is 10.8. The summed E-state index contributed by atoms with van der Waals surface area (Å²) < 4.78 is 5.31. The van der Waals surface area contributed by atoms with Crippen molar-refractivity contribution in [3.05, 3.63) is 41.6 Å². The first kappa shape index (κ1) is 17.1. The van der Waals surface area contributed by atoms with E-state index >= 15 is 0 Å². The van der Waals surface area contributed by atoms with Crippen molar-refractivity contribution < 1.29 is 4.74 Å². The van der Waals surface area contributed by atoms with E-state index < -0.39 is 0 Å². The van der Waals surface area contributed by atoms with Crippen molar-refractivity contribution >= 4 is 11.8 Å². The van der Waals surface area contributed by atoms with Crippen LogP contribution in [-0.4, -0.2) is 23.1 Å². The zero-order chi connectivity index (χ0) is 17.8. The number of hydrogen-bond donors (Lipinski definition) is 2. The van der Waals surface area contributed by atoms with E-state index in [1.165, 1.54) is 56.2 Å². The molecule has 138 valence electrons. The number of ether oxygens (including phenoxy) is 1. The van der Waals surface area contributed by atoms with Crippen LogP contribution >= 0.6 is 0 Å². The molecule has 2 aliphatic carbocycles. The van der Waals surface area contributed by atoms with Gasteiger partial charge in [0.15, 0.2) is 0 Å². The maximum Gasteiger partial charge on any atom is 0.225 e. The topological polar surface area (TPSA) is 59.1 Å². The molecule has 2 saturated carbocycles. The van der Waals surface area contributed by atoms with Crippen LogP contribution in [0.15, 0.2) is 30.3 Å². The molecule has 1 aromatic carbocycles. The second-order valence-corrected chi connectivity index (χ2v) is 7.46. The van der Waals surface area contributed by atoms with E-state index in [1.807, 2.05) is 12.1 Å². The SMILES string of the molecule is COc1cccc(CNc2cc(C3CC3)nc(NC3CCCCC3)n2)c1. The fourth-order valence-corrected chi connectivity index (χ4v) is 3.61. The van der Waals surface area contributed by atoms with Crippen LogP contribution in [0, 0.1) is 0 Å². The fourth-order valence-electron chi connectivity index (χ4n) is 3.61. The average molecular weight is 352 g/mol. The molecule has 0 saturated heterocycles. The monoisotopic (exact) mass is 352 g/mol. The maximum absolute atomic E-state index is 5.31. The minimum Gasteiger partial charge on any atom is -0.497 e. The minimum absolute atomic E-state index is 0.518. The first-order chi connectivity index (χ1) is 12.8. The molecule has 0 bridgehead atoms. The lowest BCUT2D eigenvalue weighted by Crippen LogP contribution is -2.24. The van der Waals surface area contributed by atoms with Crippen molar-refractivity contribution in [2.24, 2.45) is 0 Å². The number of benzene rings is 1. The molecule has 5 heteroatoms. The zero-order valence-electron chi connectivity index (χ0n) is 15.5. The maximum atomic E-state index is 5.31. The number of rotatable bonds is 7. The van der Waals surface area contributed by atoms with E-state index in [2.05, 4.69) is 28.8 Å². The molecule has 5 nitrogen and oxygen atoms in total. The van der Waals surface area contributed by atoms with E-state index in [9.17, 15) is 0 Å². The molecular weight excluding hydrogens is 324 g/mol. The van der Waals surface area contributed by atoms with Crippen LogP contribution in [0.2, 0.25) is 0 Å². The molecule has 4 rings (SSSR count). The molecule has 0 radical (unpaired) electrons. The van der Waals surface area contributed by atoms with Gasteiger partial charge in [-0.25, -0.2) is 4.98 Å². The Morgan fingerprint density at radius 1 is 1.04 bits per heavy atom. The summed E-state index contributed by atoms with van der Waals surface area (Å²) in [5, 5.41) is 7.04. The summed E-state index contributed by atoms with van der Waals surface area (Å²) >= 11 is 0. The van der Waals surface area contributed by atoms with Gasteiger partial charge in [-0.2, -0.15) is 4.98 Å². The van der Waals surface area contributed by atoms with Crippen molar-refractivity contribution in [1.29, 1.82) is 0 Å². The van der Waals surface area contributed by atoms with Gasteiger partial charge in [-0.1, -0.05) is 31.4 Å². The highest BCUT2D eigenvalue weighted by molar-refractivity contribution is 5.45. The second-order valence-electron chi connectivity index (χ2n) is 7.46. The summed E-state index contributed by atoms with van der Waals surface area (Å²) in [6.45, 7) is 0.723. The molecule has 26 heavy (non-hydrogen) atoms. The predicted octanol–water partition coefficient (Wildman–Crippen LogP) is 4.72. The van der Waals surface area contributed by atoms with Gasteiger partial charge >= 0.3 is 0 Å². The van der Waals surface area contributed by atoms with Crippen molar-refractivity contribution in [2.45, 2.75) is 63.5 Å². The predicted molar refractivity (Wildman–Crippen MR) is 105 cm³/mol. The van der Waals surface area contributed by atoms with Crippen LogP contribution < -0.4 is 15.4 Å². The van der Waals surface area contributed by atoms with Gasteiger partial charge in [0.1, 0.15) is 11.6 Å². The largest absolute Gasteiger partial charge is 0.497 e. The van der Waals surface area contributed by atoms with Crippen molar-refractivity contribution in [3.63, 3.8) is 0 Å². The summed E-state index contributed by atoms with van der Waals surface area (Å²) in [5.41, 5.74) is 2.35. The van der Waals surface area contributed by atoms with Gasteiger partial charge < -0.3 is 15.4 Å². The summed E-state index contributed by atoms with van der Waals surface area (Å²) in [5.74, 6) is 3.19. The third kappa shape index (κ3) is 4.45. The average Bonchev–Trinajstić information content (AvgIpc) is 3.53. The van der Waals surface area contributed by atoms with Gasteiger partial charge in [0.2, 0.25) is 5.95 Å². The molecule has 0 unspecified atom stereocenters. The Kier molecular flexibility index (Phi) is 5.23. The Labute approximate surface area is 155 Å². The first-order valence-corrected chi connectivity index (χ1v) is 9.82.